The molecule has 0 aliphatic heterocycles. The smallest absolute Gasteiger partial charge is 0.276 e. The Hall–Kier alpha value is -3.88. The van der Waals surface area contributed by atoms with Gasteiger partial charge in [0.2, 0.25) is 5.75 Å². The Kier molecular flexibility index (Phi) is 6.08. The number of nitrogens with zero attached hydrogens (tertiary/aromatic N) is 2. The average molecular weight is 398 g/mol. The molecule has 0 aliphatic rings. The Morgan fingerprint density at radius 3 is 2.17 bits per heavy atom. The van der Waals surface area contributed by atoms with Gasteiger partial charge in [-0.05, 0) is 30.3 Å². The van der Waals surface area contributed by atoms with E-state index in [9.17, 15) is 9.18 Å². The van der Waals surface area contributed by atoms with E-state index in [2.05, 4.69) is 20.8 Å². The minimum Gasteiger partial charge on any atom is -0.493 e. The molecule has 0 spiro atoms. The number of carbonyl (C=O) groups excluding carboxylic acids is 1. The van der Waals surface area contributed by atoms with E-state index in [1.165, 1.54) is 45.6 Å². The van der Waals surface area contributed by atoms with Crippen molar-refractivity contribution in [1.82, 2.24) is 10.2 Å². The van der Waals surface area contributed by atoms with Crippen molar-refractivity contribution >= 4 is 23.1 Å². The normalized spacial score (nSPS) is 10.2. The number of nitrogens with one attached hydrogen (secondary N) is 2. The molecule has 9 heteroatoms. The highest BCUT2D eigenvalue weighted by Gasteiger charge is 2.14. The summed E-state index contributed by atoms with van der Waals surface area (Å²) in [6, 6.07) is 12.1. The van der Waals surface area contributed by atoms with Gasteiger partial charge in [-0.25, -0.2) is 4.39 Å². The monoisotopic (exact) mass is 398 g/mol. The first-order valence-corrected chi connectivity index (χ1v) is 8.51. The number of amides is 1. The van der Waals surface area contributed by atoms with E-state index in [0.29, 0.717) is 34.4 Å². The van der Waals surface area contributed by atoms with Crippen molar-refractivity contribution in [2.75, 3.05) is 32.0 Å². The highest BCUT2D eigenvalue weighted by atomic mass is 19.1. The lowest BCUT2D eigenvalue weighted by molar-refractivity contribution is 0.102. The molecule has 2 aromatic carbocycles. The van der Waals surface area contributed by atoms with E-state index in [4.69, 9.17) is 14.2 Å². The molecule has 1 aromatic heterocycles. The predicted octanol–water partition coefficient (Wildman–Crippen LogP) is 3.64. The predicted molar refractivity (Wildman–Crippen MR) is 106 cm³/mol. The van der Waals surface area contributed by atoms with Crippen LogP contribution in [0.2, 0.25) is 0 Å². The zero-order valence-electron chi connectivity index (χ0n) is 16.0. The second-order valence-corrected chi connectivity index (χ2v) is 5.81. The molecule has 1 heterocycles. The molecule has 29 heavy (non-hydrogen) atoms. The minimum absolute atomic E-state index is 0.0877. The molecule has 3 aromatic rings. The van der Waals surface area contributed by atoms with Gasteiger partial charge in [0.25, 0.3) is 5.91 Å². The number of methoxy groups -OCH3 is 3. The maximum Gasteiger partial charge on any atom is 0.276 e. The second-order valence-electron chi connectivity index (χ2n) is 5.81. The maximum absolute atomic E-state index is 13.2. The topological polar surface area (TPSA) is 94.6 Å². The molecule has 3 rings (SSSR count). The van der Waals surface area contributed by atoms with Gasteiger partial charge in [0, 0.05) is 23.5 Å². The molecular formula is C20H19FN4O4. The average Bonchev–Trinajstić information content (AvgIpc) is 2.73. The van der Waals surface area contributed by atoms with Crippen LogP contribution in [0.15, 0.2) is 48.5 Å². The summed E-state index contributed by atoms with van der Waals surface area (Å²) in [6.07, 6.45) is 0. The molecule has 0 atom stereocenters. The molecule has 0 saturated carbocycles. The van der Waals surface area contributed by atoms with Crippen molar-refractivity contribution < 1.29 is 23.4 Å². The molecule has 150 valence electrons. The first kappa shape index (κ1) is 19.9. The van der Waals surface area contributed by atoms with Crippen LogP contribution in [-0.4, -0.2) is 37.4 Å². The number of benzene rings is 2. The van der Waals surface area contributed by atoms with Crippen LogP contribution in [0.5, 0.6) is 17.2 Å². The summed E-state index contributed by atoms with van der Waals surface area (Å²) in [5, 5.41) is 13.5. The van der Waals surface area contributed by atoms with Gasteiger partial charge in [-0.2, -0.15) is 0 Å². The Bertz CT molecular complexity index is 987. The van der Waals surface area contributed by atoms with Crippen LogP contribution in [0.4, 0.5) is 21.6 Å². The zero-order chi connectivity index (χ0) is 20.8. The summed E-state index contributed by atoms with van der Waals surface area (Å²) < 4.78 is 29.1. The summed E-state index contributed by atoms with van der Waals surface area (Å²) >= 11 is 0. The van der Waals surface area contributed by atoms with Crippen molar-refractivity contribution in [2.45, 2.75) is 0 Å². The van der Waals surface area contributed by atoms with E-state index < -0.39 is 11.7 Å². The van der Waals surface area contributed by atoms with Crippen LogP contribution in [0.25, 0.3) is 0 Å². The fraction of sp³-hybridized carbons (Fsp3) is 0.150. The molecule has 0 saturated heterocycles. The van der Waals surface area contributed by atoms with Crippen LogP contribution < -0.4 is 24.8 Å². The second kappa shape index (κ2) is 8.87. The highest BCUT2D eigenvalue weighted by Crippen LogP contribution is 2.40. The number of carbonyl (C=O) groups is 1. The first-order chi connectivity index (χ1) is 14.0. The molecule has 1 amide bonds. The van der Waals surface area contributed by atoms with Gasteiger partial charge in [-0.1, -0.05) is 6.07 Å². The van der Waals surface area contributed by atoms with Crippen molar-refractivity contribution in [2.24, 2.45) is 0 Å². The molecule has 2 N–H and O–H groups in total. The van der Waals surface area contributed by atoms with Gasteiger partial charge in [0.15, 0.2) is 23.0 Å². The fourth-order valence-electron chi connectivity index (χ4n) is 2.58. The minimum atomic E-state index is -0.498. The maximum atomic E-state index is 13.2. The molecule has 8 nitrogen and oxygen atoms in total. The standard InChI is InChI=1S/C20H19FN4O4/c1-27-16-10-14(11-17(28-2)19(16)29-3)22-18-8-7-15(24-25-18)20(26)23-13-6-4-5-12(21)9-13/h4-11H,1-3H3,(H,22,25)(H,23,26). The SMILES string of the molecule is COc1cc(Nc2ccc(C(=O)Nc3cccc(F)c3)nn2)cc(OC)c1OC. The zero-order valence-corrected chi connectivity index (χ0v) is 16.0. The lowest BCUT2D eigenvalue weighted by Crippen LogP contribution is -2.14. The Labute approximate surface area is 166 Å². The van der Waals surface area contributed by atoms with Crippen LogP contribution >= 0.6 is 0 Å². The lowest BCUT2D eigenvalue weighted by atomic mass is 10.2. The van der Waals surface area contributed by atoms with Gasteiger partial charge in [-0.15, -0.1) is 10.2 Å². The van der Waals surface area contributed by atoms with Crippen molar-refractivity contribution in [3.05, 3.63) is 60.0 Å². The molecule has 0 aliphatic carbocycles. The summed E-state index contributed by atoms with van der Waals surface area (Å²) in [4.78, 5) is 12.2. The summed E-state index contributed by atoms with van der Waals surface area (Å²) in [6.45, 7) is 0. The molecule has 0 fully saturated rings. The third-order valence-corrected chi connectivity index (χ3v) is 3.92. The summed E-state index contributed by atoms with van der Waals surface area (Å²) in [5.74, 6) is 0.889. The number of ether oxygens (including phenoxy) is 3. The Balaban J connectivity index is 1.74. The van der Waals surface area contributed by atoms with Crippen LogP contribution in [0, 0.1) is 5.82 Å². The number of hydrogen-bond donors (Lipinski definition) is 2. The molecule has 0 bridgehead atoms. The van der Waals surface area contributed by atoms with Gasteiger partial charge >= 0.3 is 0 Å². The van der Waals surface area contributed by atoms with E-state index in [1.54, 1.807) is 24.3 Å². The van der Waals surface area contributed by atoms with Crippen molar-refractivity contribution in [1.29, 1.82) is 0 Å². The number of rotatable bonds is 7. The summed E-state index contributed by atoms with van der Waals surface area (Å²) in [5.41, 5.74) is 1.05. The van der Waals surface area contributed by atoms with Crippen molar-refractivity contribution in [3.8, 4) is 17.2 Å². The quantitative estimate of drug-likeness (QED) is 0.627. The number of aromatic nitrogens is 2. The first-order valence-electron chi connectivity index (χ1n) is 8.51. The summed E-state index contributed by atoms with van der Waals surface area (Å²) in [7, 11) is 4.56. The third kappa shape index (κ3) is 4.70. The number of anilines is 3. The number of halogens is 1. The lowest BCUT2D eigenvalue weighted by Gasteiger charge is -2.14. The van der Waals surface area contributed by atoms with E-state index in [-0.39, 0.29) is 5.69 Å². The Morgan fingerprint density at radius 1 is 0.897 bits per heavy atom. The van der Waals surface area contributed by atoms with Crippen molar-refractivity contribution in [3.63, 3.8) is 0 Å². The van der Waals surface area contributed by atoms with E-state index in [0.717, 1.165) is 0 Å². The van der Waals surface area contributed by atoms with Crippen LogP contribution in [0.1, 0.15) is 10.5 Å². The molecule has 0 unspecified atom stereocenters. The van der Waals surface area contributed by atoms with E-state index in [1.807, 2.05) is 0 Å². The molecule has 0 radical (unpaired) electrons. The van der Waals surface area contributed by atoms with E-state index >= 15 is 0 Å². The van der Waals surface area contributed by atoms with Gasteiger partial charge in [0.1, 0.15) is 5.82 Å². The van der Waals surface area contributed by atoms with Gasteiger partial charge in [0.05, 0.1) is 21.3 Å². The molecular weight excluding hydrogens is 379 g/mol. The van der Waals surface area contributed by atoms with Crippen LogP contribution in [0.3, 0.4) is 0 Å². The van der Waals surface area contributed by atoms with Gasteiger partial charge < -0.3 is 24.8 Å². The fourth-order valence-corrected chi connectivity index (χ4v) is 2.58. The highest BCUT2D eigenvalue weighted by molar-refractivity contribution is 6.02. The van der Waals surface area contributed by atoms with Gasteiger partial charge in [-0.3, -0.25) is 4.79 Å². The largest absolute Gasteiger partial charge is 0.493 e. The Morgan fingerprint density at radius 2 is 1.62 bits per heavy atom. The van der Waals surface area contributed by atoms with Crippen LogP contribution in [-0.2, 0) is 0 Å². The third-order valence-electron chi connectivity index (χ3n) is 3.92. The number of hydrogen-bond acceptors (Lipinski definition) is 7.